The van der Waals surface area contributed by atoms with Crippen molar-refractivity contribution in [1.82, 2.24) is 5.43 Å². The Labute approximate surface area is 142 Å². The lowest BCUT2D eigenvalue weighted by molar-refractivity contribution is 0.0959. The highest BCUT2D eigenvalue weighted by Crippen LogP contribution is 2.34. The minimum Gasteiger partial charge on any atom is -0.440 e. The van der Waals surface area contributed by atoms with E-state index in [-0.39, 0.29) is 5.91 Å². The van der Waals surface area contributed by atoms with E-state index in [0.717, 1.165) is 10.1 Å². The van der Waals surface area contributed by atoms with Crippen LogP contribution in [0, 0.1) is 0 Å². The lowest BCUT2D eigenvalue weighted by atomic mass is 10.2. The van der Waals surface area contributed by atoms with Gasteiger partial charge in [0.2, 0.25) is 0 Å². The van der Waals surface area contributed by atoms with Crippen molar-refractivity contribution in [3.05, 3.63) is 52.1 Å². The maximum Gasteiger partial charge on any atom is 0.283 e. The van der Waals surface area contributed by atoms with Gasteiger partial charge in [-0.25, -0.2) is 5.43 Å². The van der Waals surface area contributed by atoms with Gasteiger partial charge in [-0.2, -0.15) is 5.10 Å². The van der Waals surface area contributed by atoms with Crippen molar-refractivity contribution in [2.24, 2.45) is 5.10 Å². The molecule has 0 bridgehead atoms. The molecule has 118 valence electrons. The molecule has 0 unspecified atom stereocenters. The highest BCUT2D eigenvalue weighted by molar-refractivity contribution is 7.21. The Balaban J connectivity index is 1.73. The standard InChI is InChI=1S/C16H14ClN3O2S/c1-20(2)13-8-7-10(22-13)9-18-19-16(21)15-14(17)11-5-3-4-6-12(11)23-15/h3-9H,1-2H3,(H,19,21). The molecule has 3 aromatic rings. The van der Waals surface area contributed by atoms with E-state index in [0.29, 0.717) is 21.5 Å². The Morgan fingerprint density at radius 1 is 1.30 bits per heavy atom. The van der Waals surface area contributed by atoms with Crippen LogP contribution in [0.3, 0.4) is 0 Å². The molecule has 0 saturated heterocycles. The van der Waals surface area contributed by atoms with Crippen molar-refractivity contribution in [1.29, 1.82) is 0 Å². The fraction of sp³-hybridized carbons (Fsp3) is 0.125. The normalized spacial score (nSPS) is 11.3. The van der Waals surface area contributed by atoms with E-state index in [1.807, 2.05) is 49.3 Å². The van der Waals surface area contributed by atoms with Crippen molar-refractivity contribution < 1.29 is 9.21 Å². The Hall–Kier alpha value is -2.31. The number of furan rings is 1. The summed E-state index contributed by atoms with van der Waals surface area (Å²) >= 11 is 7.60. The van der Waals surface area contributed by atoms with Gasteiger partial charge in [0.05, 0.1) is 11.2 Å². The number of hydrogen-bond acceptors (Lipinski definition) is 5. The Kier molecular flexibility index (Phi) is 4.36. The number of nitrogens with one attached hydrogen (secondary N) is 1. The molecule has 1 aromatic carbocycles. The molecule has 0 aliphatic carbocycles. The van der Waals surface area contributed by atoms with Crippen LogP contribution in [0.15, 0.2) is 45.9 Å². The van der Waals surface area contributed by atoms with Gasteiger partial charge < -0.3 is 9.32 Å². The number of carbonyl (C=O) groups is 1. The molecule has 2 aromatic heterocycles. The second-order valence-electron chi connectivity index (χ2n) is 5.01. The van der Waals surface area contributed by atoms with E-state index < -0.39 is 0 Å². The van der Waals surface area contributed by atoms with Crippen molar-refractivity contribution in [2.45, 2.75) is 0 Å². The fourth-order valence-electron chi connectivity index (χ4n) is 2.02. The van der Waals surface area contributed by atoms with E-state index in [9.17, 15) is 4.79 Å². The van der Waals surface area contributed by atoms with Crippen LogP contribution in [0.25, 0.3) is 10.1 Å². The molecule has 7 heteroatoms. The van der Waals surface area contributed by atoms with Gasteiger partial charge in [0.1, 0.15) is 10.6 Å². The van der Waals surface area contributed by atoms with Gasteiger partial charge >= 0.3 is 0 Å². The maximum absolute atomic E-state index is 12.2. The Morgan fingerprint density at radius 2 is 2.09 bits per heavy atom. The first-order valence-corrected chi connectivity index (χ1v) is 8.03. The minimum absolute atomic E-state index is 0.341. The number of rotatable bonds is 4. The summed E-state index contributed by atoms with van der Waals surface area (Å²) in [5.74, 6) is 0.925. The molecule has 0 spiro atoms. The van der Waals surface area contributed by atoms with Gasteiger partial charge in [0.25, 0.3) is 5.91 Å². The predicted molar refractivity (Wildman–Crippen MR) is 94.9 cm³/mol. The molecule has 1 amide bonds. The van der Waals surface area contributed by atoms with Crippen LogP contribution in [0.4, 0.5) is 5.88 Å². The van der Waals surface area contributed by atoms with Crippen LogP contribution in [0.1, 0.15) is 15.4 Å². The number of halogens is 1. The average molecular weight is 348 g/mol. The summed E-state index contributed by atoms with van der Waals surface area (Å²) in [5.41, 5.74) is 2.47. The van der Waals surface area contributed by atoms with Crippen LogP contribution in [-0.2, 0) is 0 Å². The van der Waals surface area contributed by atoms with Crippen molar-refractivity contribution in [3.8, 4) is 0 Å². The number of thiophene rings is 1. The quantitative estimate of drug-likeness (QED) is 0.573. The number of amides is 1. The largest absolute Gasteiger partial charge is 0.440 e. The molecule has 0 atom stereocenters. The highest BCUT2D eigenvalue weighted by atomic mass is 35.5. The summed E-state index contributed by atoms with van der Waals surface area (Å²) in [6, 6.07) is 11.2. The topological polar surface area (TPSA) is 57.8 Å². The zero-order valence-corrected chi connectivity index (χ0v) is 14.1. The summed E-state index contributed by atoms with van der Waals surface area (Å²) in [5, 5.41) is 5.23. The number of anilines is 1. The number of benzene rings is 1. The molecule has 5 nitrogen and oxygen atoms in total. The van der Waals surface area contributed by atoms with Crippen molar-refractivity contribution >= 4 is 51.0 Å². The third-order valence-electron chi connectivity index (χ3n) is 3.15. The third-order valence-corrected chi connectivity index (χ3v) is 4.83. The van der Waals surface area contributed by atoms with Crippen LogP contribution in [0.2, 0.25) is 5.02 Å². The zero-order valence-electron chi connectivity index (χ0n) is 12.5. The number of carbonyl (C=O) groups excluding carboxylic acids is 1. The van der Waals surface area contributed by atoms with Gasteiger partial charge in [-0.05, 0) is 12.1 Å². The molecular formula is C16H14ClN3O2S. The molecule has 0 radical (unpaired) electrons. The number of hydrazone groups is 1. The third kappa shape index (κ3) is 3.23. The summed E-state index contributed by atoms with van der Waals surface area (Å²) in [4.78, 5) is 14.5. The summed E-state index contributed by atoms with van der Waals surface area (Å²) < 4.78 is 6.47. The van der Waals surface area contributed by atoms with Gasteiger partial charge in [-0.1, -0.05) is 29.8 Å². The lowest BCUT2D eigenvalue weighted by Gasteiger charge is -2.05. The average Bonchev–Trinajstić information content (AvgIpc) is 3.13. The fourth-order valence-corrected chi connectivity index (χ4v) is 3.42. The van der Waals surface area contributed by atoms with Gasteiger partial charge in [-0.15, -0.1) is 11.3 Å². The molecule has 0 aliphatic rings. The first kappa shape index (κ1) is 15.6. The van der Waals surface area contributed by atoms with Crippen molar-refractivity contribution in [3.63, 3.8) is 0 Å². The first-order chi connectivity index (χ1) is 11.1. The molecule has 0 aliphatic heterocycles. The van der Waals surface area contributed by atoms with Gasteiger partial charge in [0.15, 0.2) is 5.88 Å². The molecule has 23 heavy (non-hydrogen) atoms. The molecule has 0 fully saturated rings. The predicted octanol–water partition coefficient (Wildman–Crippen LogP) is 3.98. The van der Waals surface area contributed by atoms with Gasteiger partial charge in [-0.3, -0.25) is 4.79 Å². The smallest absolute Gasteiger partial charge is 0.283 e. The van der Waals surface area contributed by atoms with Gasteiger partial charge in [0, 0.05) is 30.2 Å². The number of fused-ring (bicyclic) bond motifs is 1. The number of nitrogens with zero attached hydrogens (tertiary/aromatic N) is 2. The minimum atomic E-state index is -0.341. The maximum atomic E-state index is 12.2. The number of hydrogen-bond donors (Lipinski definition) is 1. The van der Waals surface area contributed by atoms with Crippen molar-refractivity contribution in [2.75, 3.05) is 19.0 Å². The Morgan fingerprint density at radius 3 is 2.78 bits per heavy atom. The van der Waals surface area contributed by atoms with Crippen LogP contribution in [-0.4, -0.2) is 26.2 Å². The van der Waals surface area contributed by atoms with E-state index in [2.05, 4.69) is 10.5 Å². The summed E-state index contributed by atoms with van der Waals surface area (Å²) in [6.07, 6.45) is 1.45. The molecule has 1 N–H and O–H groups in total. The van der Waals surface area contributed by atoms with E-state index in [4.69, 9.17) is 16.0 Å². The Bertz CT molecular complexity index is 882. The van der Waals surface area contributed by atoms with E-state index in [1.54, 1.807) is 6.07 Å². The van der Waals surface area contributed by atoms with Crippen LogP contribution < -0.4 is 10.3 Å². The molecule has 2 heterocycles. The SMILES string of the molecule is CN(C)c1ccc(C=NNC(=O)c2sc3ccccc3c2Cl)o1. The van der Waals surface area contributed by atoms with Crippen LogP contribution in [0.5, 0.6) is 0 Å². The zero-order chi connectivity index (χ0) is 16.4. The summed E-state index contributed by atoms with van der Waals surface area (Å²) in [7, 11) is 3.76. The second-order valence-corrected chi connectivity index (χ2v) is 6.44. The highest BCUT2D eigenvalue weighted by Gasteiger charge is 2.16. The molecule has 3 rings (SSSR count). The lowest BCUT2D eigenvalue weighted by Crippen LogP contribution is -2.16. The van der Waals surface area contributed by atoms with E-state index in [1.165, 1.54) is 17.6 Å². The summed E-state index contributed by atoms with van der Waals surface area (Å²) in [6.45, 7) is 0. The molecule has 0 saturated carbocycles. The first-order valence-electron chi connectivity index (χ1n) is 6.84. The monoisotopic (exact) mass is 347 g/mol. The second kappa shape index (κ2) is 6.44. The van der Waals surface area contributed by atoms with E-state index >= 15 is 0 Å². The molecular weight excluding hydrogens is 334 g/mol. The van der Waals surface area contributed by atoms with Crippen LogP contribution >= 0.6 is 22.9 Å².